The van der Waals surface area contributed by atoms with Crippen molar-refractivity contribution in [1.82, 2.24) is 24.1 Å². The fourth-order valence-electron chi connectivity index (χ4n) is 3.60. The summed E-state index contributed by atoms with van der Waals surface area (Å²) in [5.41, 5.74) is 6.85. The molecule has 0 spiro atoms. The van der Waals surface area contributed by atoms with E-state index >= 15 is 0 Å². The molecule has 30 heavy (non-hydrogen) atoms. The van der Waals surface area contributed by atoms with Gasteiger partial charge in [0.2, 0.25) is 5.95 Å². The third-order valence-corrected chi connectivity index (χ3v) is 5.03. The number of rotatable bonds is 6. The van der Waals surface area contributed by atoms with Crippen molar-refractivity contribution < 1.29 is 4.79 Å². The van der Waals surface area contributed by atoms with E-state index in [0.717, 1.165) is 5.52 Å². The van der Waals surface area contributed by atoms with Gasteiger partial charge >= 0.3 is 5.69 Å². The Hall–Kier alpha value is -3.88. The van der Waals surface area contributed by atoms with E-state index in [2.05, 4.69) is 15.8 Å². The summed E-state index contributed by atoms with van der Waals surface area (Å²) in [4.78, 5) is 42.4. The highest BCUT2D eigenvalue weighted by molar-refractivity contribution is 5.82. The predicted octanol–water partition coefficient (Wildman–Crippen LogP) is 1.70. The van der Waals surface area contributed by atoms with Crippen LogP contribution in [0, 0.1) is 0 Å². The van der Waals surface area contributed by atoms with Crippen molar-refractivity contribution in [2.24, 2.45) is 0 Å². The molecule has 0 unspecified atom stereocenters. The summed E-state index contributed by atoms with van der Waals surface area (Å²) >= 11 is 0. The molecule has 0 saturated heterocycles. The lowest BCUT2D eigenvalue weighted by atomic mass is 10.2. The molecule has 0 fully saturated rings. The van der Waals surface area contributed by atoms with Gasteiger partial charge in [0.05, 0.1) is 21.9 Å². The molecule has 154 valence electrons. The van der Waals surface area contributed by atoms with Gasteiger partial charge in [-0.1, -0.05) is 24.3 Å². The van der Waals surface area contributed by atoms with Gasteiger partial charge in [0.15, 0.2) is 0 Å². The number of aromatic nitrogens is 4. The minimum atomic E-state index is -0.429. The smallest absolute Gasteiger partial charge is 0.292 e. The molecule has 4 rings (SSSR count). The summed E-state index contributed by atoms with van der Waals surface area (Å²) < 4.78 is 4.49. The molecule has 0 bridgehead atoms. The van der Waals surface area contributed by atoms with Crippen LogP contribution in [0.2, 0.25) is 0 Å². The molecule has 2 aromatic carbocycles. The van der Waals surface area contributed by atoms with Crippen LogP contribution in [-0.4, -0.2) is 24.6 Å². The molecule has 0 radical (unpaired) electrons. The molecule has 0 aliphatic rings. The van der Waals surface area contributed by atoms with Gasteiger partial charge in [-0.25, -0.2) is 9.78 Å². The maximum absolute atomic E-state index is 12.7. The van der Waals surface area contributed by atoms with Crippen LogP contribution in [0.5, 0.6) is 0 Å². The zero-order valence-electron chi connectivity index (χ0n) is 16.8. The standard InChI is InChI=1S/C21H22N6O3/c1-3-25-16-11-7-8-12-17(16)27(21(25)30)13-18(28)23-24-20-22-15-10-6-5-9-14(15)19(29)26(20)4-2/h5-12H,3-4,13H2,1-2H3,(H,22,24)(H,23,28). The minimum Gasteiger partial charge on any atom is -0.292 e. The van der Waals surface area contributed by atoms with Crippen molar-refractivity contribution >= 4 is 33.8 Å². The molecule has 2 N–H and O–H groups in total. The number of fused-ring (bicyclic) bond motifs is 2. The van der Waals surface area contributed by atoms with E-state index in [4.69, 9.17) is 0 Å². The Balaban J connectivity index is 1.60. The van der Waals surface area contributed by atoms with Crippen molar-refractivity contribution in [2.45, 2.75) is 33.5 Å². The van der Waals surface area contributed by atoms with Crippen LogP contribution in [-0.2, 0) is 24.4 Å². The highest BCUT2D eigenvalue weighted by atomic mass is 16.2. The summed E-state index contributed by atoms with van der Waals surface area (Å²) in [6.07, 6.45) is 0. The Bertz CT molecular complexity index is 1360. The molecule has 2 heterocycles. The van der Waals surface area contributed by atoms with Crippen LogP contribution in [0.3, 0.4) is 0 Å². The minimum absolute atomic E-state index is 0.163. The average molecular weight is 406 g/mol. The van der Waals surface area contributed by atoms with Crippen LogP contribution in [0.25, 0.3) is 21.9 Å². The van der Waals surface area contributed by atoms with E-state index in [1.165, 1.54) is 9.13 Å². The van der Waals surface area contributed by atoms with E-state index in [-0.39, 0.29) is 23.7 Å². The molecular formula is C21H22N6O3. The summed E-state index contributed by atoms with van der Waals surface area (Å²) in [5, 5.41) is 0.509. The number of imidazole rings is 1. The first kappa shape index (κ1) is 19.4. The maximum Gasteiger partial charge on any atom is 0.329 e. The van der Waals surface area contributed by atoms with Gasteiger partial charge in [0.25, 0.3) is 11.5 Å². The number of nitrogens with one attached hydrogen (secondary N) is 2. The summed E-state index contributed by atoms with van der Waals surface area (Å²) in [7, 11) is 0. The summed E-state index contributed by atoms with van der Waals surface area (Å²) in [6, 6.07) is 14.4. The monoisotopic (exact) mass is 406 g/mol. The SMILES string of the molecule is CCn1c(NNC(=O)Cn2c(=O)n(CC)c3ccccc32)nc2ccccc2c1=O. The number of anilines is 1. The Morgan fingerprint density at radius 1 is 0.900 bits per heavy atom. The molecule has 0 atom stereocenters. The molecule has 9 nitrogen and oxygen atoms in total. The molecule has 9 heteroatoms. The largest absolute Gasteiger partial charge is 0.329 e. The number of nitrogens with zero attached hydrogens (tertiary/aromatic N) is 4. The Morgan fingerprint density at radius 2 is 1.53 bits per heavy atom. The van der Waals surface area contributed by atoms with E-state index in [1.54, 1.807) is 28.8 Å². The molecule has 1 amide bonds. The number of hydrogen-bond donors (Lipinski definition) is 2. The van der Waals surface area contributed by atoms with Gasteiger partial charge in [-0.15, -0.1) is 0 Å². The number of benzene rings is 2. The third kappa shape index (κ3) is 3.24. The van der Waals surface area contributed by atoms with E-state index in [9.17, 15) is 14.4 Å². The second-order valence-electron chi connectivity index (χ2n) is 6.78. The predicted molar refractivity (Wildman–Crippen MR) is 115 cm³/mol. The van der Waals surface area contributed by atoms with Gasteiger partial charge in [0.1, 0.15) is 6.54 Å². The fraction of sp³-hybridized carbons (Fsp3) is 0.238. The van der Waals surface area contributed by atoms with Crippen molar-refractivity contribution in [2.75, 3.05) is 5.43 Å². The zero-order valence-corrected chi connectivity index (χ0v) is 16.8. The number of hydrogen-bond acceptors (Lipinski definition) is 5. The molecule has 2 aromatic heterocycles. The van der Waals surface area contributed by atoms with Gasteiger partial charge in [-0.3, -0.25) is 34.1 Å². The van der Waals surface area contributed by atoms with Crippen LogP contribution >= 0.6 is 0 Å². The first-order valence-electron chi connectivity index (χ1n) is 9.77. The van der Waals surface area contributed by atoms with Crippen LogP contribution in [0.1, 0.15) is 13.8 Å². The quantitative estimate of drug-likeness (QED) is 0.475. The average Bonchev–Trinajstić information content (AvgIpc) is 3.03. The maximum atomic E-state index is 12.7. The van der Waals surface area contributed by atoms with Gasteiger partial charge in [-0.05, 0) is 38.1 Å². The fourth-order valence-corrected chi connectivity index (χ4v) is 3.60. The molecule has 4 aromatic rings. The van der Waals surface area contributed by atoms with Crippen LogP contribution in [0.15, 0.2) is 58.1 Å². The number of para-hydroxylation sites is 3. The van der Waals surface area contributed by atoms with Crippen LogP contribution < -0.4 is 22.1 Å². The Labute approximate surface area is 171 Å². The highest BCUT2D eigenvalue weighted by Gasteiger charge is 2.15. The molecular weight excluding hydrogens is 384 g/mol. The second kappa shape index (κ2) is 7.86. The first-order chi connectivity index (χ1) is 14.5. The van der Waals surface area contributed by atoms with Gasteiger partial charge in [-0.2, -0.15) is 0 Å². The summed E-state index contributed by atoms with van der Waals surface area (Å²) in [5.74, 6) is -0.195. The summed E-state index contributed by atoms with van der Waals surface area (Å²) in [6.45, 7) is 4.44. The van der Waals surface area contributed by atoms with Crippen molar-refractivity contribution in [3.05, 3.63) is 69.4 Å². The lowest BCUT2D eigenvalue weighted by Crippen LogP contribution is -2.38. The van der Waals surface area contributed by atoms with Gasteiger partial charge in [0, 0.05) is 13.1 Å². The topological polar surface area (TPSA) is 103 Å². The van der Waals surface area contributed by atoms with Gasteiger partial charge < -0.3 is 0 Å². The van der Waals surface area contributed by atoms with Crippen molar-refractivity contribution in [1.29, 1.82) is 0 Å². The molecule has 0 aliphatic carbocycles. The van der Waals surface area contributed by atoms with E-state index < -0.39 is 5.91 Å². The van der Waals surface area contributed by atoms with E-state index in [0.29, 0.717) is 29.5 Å². The number of amides is 1. The molecule has 0 aliphatic heterocycles. The lowest BCUT2D eigenvalue weighted by Gasteiger charge is -2.14. The van der Waals surface area contributed by atoms with E-state index in [1.807, 2.05) is 38.1 Å². The third-order valence-electron chi connectivity index (χ3n) is 5.03. The first-order valence-corrected chi connectivity index (χ1v) is 9.77. The Kier molecular flexibility index (Phi) is 5.09. The van der Waals surface area contributed by atoms with Crippen LogP contribution in [0.4, 0.5) is 5.95 Å². The Morgan fingerprint density at radius 3 is 2.23 bits per heavy atom. The number of aryl methyl sites for hydroxylation is 1. The highest BCUT2D eigenvalue weighted by Crippen LogP contribution is 2.13. The lowest BCUT2D eigenvalue weighted by molar-refractivity contribution is -0.121. The number of carbonyl (C=O) groups excluding carboxylic acids is 1. The number of hydrazine groups is 1. The number of carbonyl (C=O) groups is 1. The molecule has 0 saturated carbocycles. The van der Waals surface area contributed by atoms with Crippen molar-refractivity contribution in [3.8, 4) is 0 Å². The normalized spacial score (nSPS) is 11.1. The zero-order chi connectivity index (χ0) is 21.3. The second-order valence-corrected chi connectivity index (χ2v) is 6.78. The van der Waals surface area contributed by atoms with Crippen molar-refractivity contribution in [3.63, 3.8) is 0 Å².